The fourth-order valence-electron chi connectivity index (χ4n) is 4.31. The van der Waals surface area contributed by atoms with E-state index in [1.165, 1.54) is 12.1 Å². The zero-order valence-corrected chi connectivity index (χ0v) is 17.9. The van der Waals surface area contributed by atoms with Crippen molar-refractivity contribution in [2.24, 2.45) is 0 Å². The number of fused-ring (bicyclic) bond motifs is 3. The normalized spacial score (nSPS) is 11.5. The molecule has 1 aliphatic rings. The van der Waals surface area contributed by atoms with E-state index in [4.69, 9.17) is 6.57 Å². The Morgan fingerprint density at radius 2 is 0.972 bits per heavy atom. The molecule has 1 aliphatic carbocycles. The molecule has 5 rings (SSSR count). The summed E-state index contributed by atoms with van der Waals surface area (Å²) in [6.07, 6.45) is 0. The van der Waals surface area contributed by atoms with Gasteiger partial charge in [0, 0.05) is 5.57 Å². The number of halogens is 6. The molecule has 36 heavy (non-hydrogen) atoms. The maximum Gasteiger partial charge on any atom is 0.270 e. The summed E-state index contributed by atoms with van der Waals surface area (Å²) in [4.78, 5) is 3.30. The zero-order chi connectivity index (χ0) is 25.7. The molecule has 174 valence electrons. The van der Waals surface area contributed by atoms with Gasteiger partial charge in [0.25, 0.3) is 5.70 Å². The number of nitriles is 1. The number of rotatable bonds is 2. The van der Waals surface area contributed by atoms with Crippen molar-refractivity contribution >= 4 is 5.57 Å². The minimum absolute atomic E-state index is 0.0452. The number of allylic oxidation sites excluding steroid dienone is 1. The molecule has 4 aromatic rings. The topological polar surface area (TPSA) is 28.1 Å². The minimum atomic E-state index is -1.60. The highest BCUT2D eigenvalue weighted by atomic mass is 19.2. The van der Waals surface area contributed by atoms with Gasteiger partial charge in [-0.2, -0.15) is 0 Å². The van der Waals surface area contributed by atoms with Crippen molar-refractivity contribution in [1.29, 1.82) is 5.26 Å². The van der Waals surface area contributed by atoms with Gasteiger partial charge >= 0.3 is 0 Å². The van der Waals surface area contributed by atoms with Gasteiger partial charge in [0.05, 0.1) is 12.6 Å². The molecule has 0 heterocycles. The van der Waals surface area contributed by atoms with E-state index in [1.54, 1.807) is 24.3 Å². The van der Waals surface area contributed by atoms with Gasteiger partial charge in [-0.05, 0) is 80.9 Å². The first-order valence-corrected chi connectivity index (χ1v) is 10.3. The molecule has 4 aromatic carbocycles. The largest absolute Gasteiger partial charge is 0.270 e. The fourth-order valence-corrected chi connectivity index (χ4v) is 4.31. The summed E-state index contributed by atoms with van der Waals surface area (Å²) in [5, 5.41) is 9.61. The van der Waals surface area contributed by atoms with Crippen LogP contribution in [0.2, 0.25) is 0 Å². The number of hydrogen-bond acceptors (Lipinski definition) is 1. The van der Waals surface area contributed by atoms with Gasteiger partial charge in [0.1, 0.15) is 0 Å². The third kappa shape index (κ3) is 3.52. The molecule has 2 nitrogen and oxygen atoms in total. The second kappa shape index (κ2) is 8.44. The monoisotopic (exact) mass is 488 g/mol. The fraction of sp³-hybridized carbons (Fsp3) is 0. The molecule has 0 aliphatic heterocycles. The lowest BCUT2D eigenvalue weighted by atomic mass is 9.96. The van der Waals surface area contributed by atoms with Gasteiger partial charge < -0.3 is 0 Å². The first-order chi connectivity index (χ1) is 17.2. The van der Waals surface area contributed by atoms with Gasteiger partial charge in [-0.25, -0.2) is 36.4 Å². The first-order valence-electron chi connectivity index (χ1n) is 10.3. The molecule has 8 heteroatoms. The average molecular weight is 488 g/mol. The Bertz CT molecular complexity index is 1550. The van der Waals surface area contributed by atoms with E-state index >= 15 is 0 Å². The lowest BCUT2D eigenvalue weighted by Crippen LogP contribution is -1.93. The average Bonchev–Trinajstić information content (AvgIpc) is 3.19. The highest BCUT2D eigenvalue weighted by Crippen LogP contribution is 2.48. The Hall–Kier alpha value is -4.82. The third-order valence-corrected chi connectivity index (χ3v) is 5.96. The Balaban J connectivity index is 1.72. The summed E-state index contributed by atoms with van der Waals surface area (Å²) in [6.45, 7) is 7.47. The number of nitrogens with zero attached hydrogens (tertiary/aromatic N) is 2. The zero-order valence-electron chi connectivity index (χ0n) is 17.9. The van der Waals surface area contributed by atoms with Crippen molar-refractivity contribution in [3.8, 4) is 39.4 Å². The molecule has 0 bridgehead atoms. The van der Waals surface area contributed by atoms with Crippen LogP contribution in [-0.2, 0) is 0 Å². The maximum atomic E-state index is 13.8. The third-order valence-electron chi connectivity index (χ3n) is 5.96. The molecule has 0 N–H and O–H groups in total. The second-order valence-electron chi connectivity index (χ2n) is 7.98. The lowest BCUT2D eigenvalue weighted by Gasteiger charge is -2.09. The van der Waals surface area contributed by atoms with Gasteiger partial charge in [-0.15, -0.1) is 0 Å². The minimum Gasteiger partial charge on any atom is -0.226 e. The molecule has 0 fully saturated rings. The summed E-state index contributed by atoms with van der Waals surface area (Å²) >= 11 is 0. The molecule has 0 radical (unpaired) electrons. The van der Waals surface area contributed by atoms with Crippen molar-refractivity contribution in [3.63, 3.8) is 0 Å². The molecule has 0 aromatic heterocycles. The van der Waals surface area contributed by atoms with E-state index in [1.807, 2.05) is 6.07 Å². The molecule has 0 atom stereocenters. The highest BCUT2D eigenvalue weighted by molar-refractivity contribution is 6.05. The molecular formula is C28H10F6N2. The van der Waals surface area contributed by atoms with E-state index in [2.05, 4.69) is 4.85 Å². The first kappa shape index (κ1) is 22.9. The molecular weight excluding hydrogens is 478 g/mol. The van der Waals surface area contributed by atoms with Gasteiger partial charge in [0.15, 0.2) is 34.9 Å². The lowest BCUT2D eigenvalue weighted by molar-refractivity contribution is 0.447. The van der Waals surface area contributed by atoms with Crippen molar-refractivity contribution < 1.29 is 26.3 Å². The summed E-state index contributed by atoms with van der Waals surface area (Å²) in [5.74, 6) is -8.68. The number of benzene rings is 4. The van der Waals surface area contributed by atoms with Crippen LogP contribution in [0.5, 0.6) is 0 Å². The smallest absolute Gasteiger partial charge is 0.226 e. The van der Waals surface area contributed by atoms with E-state index in [9.17, 15) is 31.6 Å². The van der Waals surface area contributed by atoms with E-state index in [-0.39, 0.29) is 22.4 Å². The quantitative estimate of drug-likeness (QED) is 0.107. The SMILES string of the molecule is [C-]#[N+]C(C#N)=C1c2cc(-c3cc(F)c(F)c(F)c3)ccc2-c2ccc(-c3cc(F)c(F)c(F)c3)cc21. The second-order valence-corrected chi connectivity index (χ2v) is 7.98. The molecule has 0 unspecified atom stereocenters. The number of hydrogen-bond donors (Lipinski definition) is 0. The van der Waals surface area contributed by atoms with E-state index in [0.29, 0.717) is 33.4 Å². The summed E-state index contributed by atoms with van der Waals surface area (Å²) in [5.41, 5.74) is 2.67. The van der Waals surface area contributed by atoms with Crippen LogP contribution in [0.25, 0.3) is 43.8 Å². The standard InChI is InChI=1S/C28H10F6N2/c1-36-25(12-35)26-19-6-13(15-8-21(29)27(33)22(30)9-15)2-4-17(19)18-5-3-14(7-20(18)26)16-10-23(31)28(34)24(32)11-16/h2-11H. The predicted molar refractivity (Wildman–Crippen MR) is 121 cm³/mol. The summed E-state index contributed by atoms with van der Waals surface area (Å²) in [7, 11) is 0. The predicted octanol–water partition coefficient (Wildman–Crippen LogP) is 8.04. The molecule has 0 amide bonds. The van der Waals surface area contributed by atoms with Crippen LogP contribution in [-0.4, -0.2) is 0 Å². The van der Waals surface area contributed by atoms with Crippen LogP contribution >= 0.6 is 0 Å². The van der Waals surface area contributed by atoms with Crippen molar-refractivity contribution in [2.75, 3.05) is 0 Å². The van der Waals surface area contributed by atoms with Crippen molar-refractivity contribution in [1.82, 2.24) is 0 Å². The van der Waals surface area contributed by atoms with Crippen LogP contribution < -0.4 is 0 Å². The maximum absolute atomic E-state index is 13.8. The highest BCUT2D eigenvalue weighted by Gasteiger charge is 2.28. The molecule has 0 spiro atoms. The van der Waals surface area contributed by atoms with Crippen LogP contribution in [0, 0.1) is 52.8 Å². The molecule has 0 saturated heterocycles. The van der Waals surface area contributed by atoms with Gasteiger partial charge in [-0.3, -0.25) is 0 Å². The van der Waals surface area contributed by atoms with Crippen LogP contribution in [0.1, 0.15) is 11.1 Å². The van der Waals surface area contributed by atoms with Crippen molar-refractivity contribution in [2.45, 2.75) is 0 Å². The Morgan fingerprint density at radius 3 is 1.31 bits per heavy atom. The van der Waals surface area contributed by atoms with E-state index < -0.39 is 34.9 Å². The van der Waals surface area contributed by atoms with Crippen LogP contribution in [0.15, 0.2) is 66.4 Å². The summed E-state index contributed by atoms with van der Waals surface area (Å²) in [6, 6.07) is 14.6. The summed E-state index contributed by atoms with van der Waals surface area (Å²) < 4.78 is 82.2. The van der Waals surface area contributed by atoms with Gasteiger partial charge in [-0.1, -0.05) is 24.3 Å². The Kier molecular flexibility index (Phi) is 5.38. The Labute approximate surface area is 200 Å². The Morgan fingerprint density at radius 1 is 0.583 bits per heavy atom. The van der Waals surface area contributed by atoms with E-state index in [0.717, 1.165) is 24.3 Å². The van der Waals surface area contributed by atoms with Crippen LogP contribution in [0.4, 0.5) is 26.3 Å². The molecule has 0 saturated carbocycles. The van der Waals surface area contributed by atoms with Crippen LogP contribution in [0.3, 0.4) is 0 Å². The van der Waals surface area contributed by atoms with Crippen molar-refractivity contribution in [3.05, 3.63) is 124 Å². The van der Waals surface area contributed by atoms with Gasteiger partial charge in [0.2, 0.25) is 0 Å².